The zero-order valence-corrected chi connectivity index (χ0v) is 15.4. The maximum atomic E-state index is 12.0. The number of fused-ring (bicyclic) bond motifs is 1. The molecule has 0 bridgehead atoms. The number of para-hydroxylation sites is 1. The maximum Gasteiger partial charge on any atom is 0.342 e. The van der Waals surface area contributed by atoms with E-state index >= 15 is 0 Å². The van der Waals surface area contributed by atoms with E-state index in [0.717, 1.165) is 5.56 Å². The number of amides is 1. The van der Waals surface area contributed by atoms with Gasteiger partial charge in [0.15, 0.2) is 29.6 Å². The molecule has 0 aromatic heterocycles. The van der Waals surface area contributed by atoms with Crippen molar-refractivity contribution in [1.82, 2.24) is 5.32 Å². The minimum atomic E-state index is -0.807. The second-order valence-electron chi connectivity index (χ2n) is 6.01. The van der Waals surface area contributed by atoms with Crippen LogP contribution in [0.2, 0.25) is 0 Å². The van der Waals surface area contributed by atoms with Gasteiger partial charge in [-0.2, -0.15) is 0 Å². The molecule has 0 unspecified atom stereocenters. The summed E-state index contributed by atoms with van der Waals surface area (Å²) in [6, 6.07) is 10.1. The molecule has 8 nitrogen and oxygen atoms in total. The summed E-state index contributed by atoms with van der Waals surface area (Å²) < 4.78 is 20.9. The molecule has 0 fully saturated rings. The van der Waals surface area contributed by atoms with Gasteiger partial charge in [-0.3, -0.25) is 4.79 Å². The highest BCUT2D eigenvalue weighted by Crippen LogP contribution is 2.31. The van der Waals surface area contributed by atoms with E-state index in [4.69, 9.17) is 18.9 Å². The van der Waals surface area contributed by atoms with Crippen LogP contribution in [0.3, 0.4) is 0 Å². The van der Waals surface area contributed by atoms with Crippen LogP contribution < -0.4 is 19.5 Å². The summed E-state index contributed by atoms with van der Waals surface area (Å²) >= 11 is 0. The Bertz CT molecular complexity index is 866. The summed E-state index contributed by atoms with van der Waals surface area (Å²) in [6.45, 7) is 0.979. The number of phenolic OH excluding ortho intramolecular Hbond substituents is 1. The number of ether oxygens (including phenoxy) is 4. The third-order valence-electron chi connectivity index (χ3n) is 4.12. The number of nitrogens with one attached hydrogen (secondary N) is 1. The van der Waals surface area contributed by atoms with Crippen molar-refractivity contribution < 1.29 is 33.6 Å². The topological polar surface area (TPSA) is 103 Å². The van der Waals surface area contributed by atoms with Gasteiger partial charge in [-0.25, -0.2) is 4.79 Å². The Hall–Kier alpha value is -3.42. The average Bonchev–Trinajstić information content (AvgIpc) is 2.72. The number of benzene rings is 2. The molecule has 2 N–H and O–H groups in total. The van der Waals surface area contributed by atoms with Crippen LogP contribution in [0, 0.1) is 0 Å². The van der Waals surface area contributed by atoms with Crippen molar-refractivity contribution in [2.45, 2.75) is 6.42 Å². The Morgan fingerprint density at radius 1 is 1.14 bits per heavy atom. The van der Waals surface area contributed by atoms with E-state index in [1.54, 1.807) is 6.07 Å². The lowest BCUT2D eigenvalue weighted by Crippen LogP contribution is -2.30. The third kappa shape index (κ3) is 4.64. The fourth-order valence-corrected chi connectivity index (χ4v) is 2.70. The van der Waals surface area contributed by atoms with Gasteiger partial charge < -0.3 is 29.4 Å². The second-order valence-corrected chi connectivity index (χ2v) is 6.01. The zero-order valence-electron chi connectivity index (χ0n) is 15.4. The summed E-state index contributed by atoms with van der Waals surface area (Å²) in [5, 5.41) is 12.6. The Kier molecular flexibility index (Phi) is 6.21. The van der Waals surface area contributed by atoms with Crippen LogP contribution in [-0.2, 0) is 16.0 Å². The summed E-state index contributed by atoms with van der Waals surface area (Å²) in [7, 11) is 1.37. The van der Waals surface area contributed by atoms with E-state index < -0.39 is 18.5 Å². The van der Waals surface area contributed by atoms with Crippen molar-refractivity contribution in [3.63, 3.8) is 0 Å². The lowest BCUT2D eigenvalue weighted by atomic mass is 10.1. The predicted molar refractivity (Wildman–Crippen MR) is 99.1 cm³/mol. The number of phenols is 1. The highest BCUT2D eigenvalue weighted by atomic mass is 16.6. The molecular weight excluding hydrogens is 366 g/mol. The maximum absolute atomic E-state index is 12.0. The summed E-state index contributed by atoms with van der Waals surface area (Å²) in [5.41, 5.74) is 0.922. The van der Waals surface area contributed by atoms with Gasteiger partial charge in [0.05, 0.1) is 7.11 Å². The summed E-state index contributed by atoms with van der Waals surface area (Å²) in [4.78, 5) is 23.9. The number of hydrogen-bond donors (Lipinski definition) is 2. The molecule has 2 aromatic rings. The molecule has 1 aliphatic rings. The molecule has 0 saturated carbocycles. The number of carbonyl (C=O) groups excluding carboxylic acids is 2. The number of carbonyl (C=O) groups is 2. The van der Waals surface area contributed by atoms with Crippen LogP contribution in [0.1, 0.15) is 15.9 Å². The quantitative estimate of drug-likeness (QED) is 0.697. The average molecular weight is 387 g/mol. The molecule has 2 aromatic carbocycles. The van der Waals surface area contributed by atoms with E-state index in [1.165, 1.54) is 19.2 Å². The van der Waals surface area contributed by atoms with Crippen molar-refractivity contribution >= 4 is 11.9 Å². The molecule has 0 saturated heterocycles. The largest absolute Gasteiger partial charge is 0.504 e. The van der Waals surface area contributed by atoms with Crippen molar-refractivity contribution in [3.05, 3.63) is 47.5 Å². The molecule has 1 aliphatic heterocycles. The molecule has 0 atom stereocenters. The van der Waals surface area contributed by atoms with E-state index in [-0.39, 0.29) is 17.1 Å². The number of aromatic hydroxyl groups is 1. The standard InChI is InChI=1S/C20H21NO7/c1-25-16-4-2-3-14(19(16)23)20(24)28-12-18(22)21-8-7-13-5-6-15-17(11-13)27-10-9-26-15/h2-6,11,23H,7-10,12H2,1H3,(H,21,22). The van der Waals surface area contributed by atoms with Gasteiger partial charge in [-0.1, -0.05) is 12.1 Å². The van der Waals surface area contributed by atoms with Crippen LogP contribution in [0.4, 0.5) is 0 Å². The molecule has 148 valence electrons. The third-order valence-corrected chi connectivity index (χ3v) is 4.12. The van der Waals surface area contributed by atoms with Gasteiger partial charge in [0, 0.05) is 6.54 Å². The van der Waals surface area contributed by atoms with Gasteiger partial charge in [0.25, 0.3) is 5.91 Å². The number of esters is 1. The van der Waals surface area contributed by atoms with E-state index in [0.29, 0.717) is 37.7 Å². The van der Waals surface area contributed by atoms with Crippen molar-refractivity contribution in [2.75, 3.05) is 33.5 Å². The zero-order chi connectivity index (χ0) is 19.9. The number of hydrogen-bond acceptors (Lipinski definition) is 7. The molecular formula is C20H21NO7. The van der Waals surface area contributed by atoms with Crippen molar-refractivity contribution in [3.8, 4) is 23.0 Å². The Morgan fingerprint density at radius 2 is 1.93 bits per heavy atom. The lowest BCUT2D eigenvalue weighted by molar-refractivity contribution is -0.124. The molecule has 1 amide bonds. The van der Waals surface area contributed by atoms with Gasteiger partial charge >= 0.3 is 5.97 Å². The fraction of sp³-hybridized carbons (Fsp3) is 0.300. The molecule has 3 rings (SSSR count). The predicted octanol–water partition coefficient (Wildman–Crippen LogP) is 1.69. The normalized spacial score (nSPS) is 12.2. The first-order valence-electron chi connectivity index (χ1n) is 8.77. The SMILES string of the molecule is COc1cccc(C(=O)OCC(=O)NCCc2ccc3c(c2)OCCO3)c1O. The minimum Gasteiger partial charge on any atom is -0.504 e. The summed E-state index contributed by atoms with van der Waals surface area (Å²) in [5.74, 6) is -0.00661. The smallest absolute Gasteiger partial charge is 0.342 e. The first kappa shape index (κ1) is 19.3. The molecule has 1 heterocycles. The Balaban J connectivity index is 1.44. The van der Waals surface area contributed by atoms with E-state index in [1.807, 2.05) is 18.2 Å². The summed E-state index contributed by atoms with van der Waals surface area (Å²) in [6.07, 6.45) is 0.590. The van der Waals surface area contributed by atoms with Crippen molar-refractivity contribution in [2.24, 2.45) is 0 Å². The van der Waals surface area contributed by atoms with Gasteiger partial charge in [-0.05, 0) is 36.2 Å². The lowest BCUT2D eigenvalue weighted by Gasteiger charge is -2.18. The second kappa shape index (κ2) is 8.98. The van der Waals surface area contributed by atoms with Crippen molar-refractivity contribution in [1.29, 1.82) is 0 Å². The molecule has 0 aliphatic carbocycles. The first-order valence-corrected chi connectivity index (χ1v) is 8.77. The minimum absolute atomic E-state index is 0.0663. The highest BCUT2D eigenvalue weighted by molar-refractivity contribution is 5.94. The molecule has 8 heteroatoms. The van der Waals surface area contributed by atoms with Crippen LogP contribution in [0.25, 0.3) is 0 Å². The molecule has 0 spiro atoms. The number of methoxy groups -OCH3 is 1. The molecule has 28 heavy (non-hydrogen) atoms. The Morgan fingerprint density at radius 3 is 2.71 bits per heavy atom. The van der Waals surface area contributed by atoms with E-state index in [2.05, 4.69) is 5.32 Å². The number of rotatable bonds is 7. The van der Waals surface area contributed by atoms with E-state index in [9.17, 15) is 14.7 Å². The van der Waals surface area contributed by atoms with Gasteiger partial charge in [0.2, 0.25) is 0 Å². The van der Waals surface area contributed by atoms with Crippen LogP contribution in [0.15, 0.2) is 36.4 Å². The highest BCUT2D eigenvalue weighted by Gasteiger charge is 2.17. The first-order chi connectivity index (χ1) is 13.6. The monoisotopic (exact) mass is 387 g/mol. The van der Waals surface area contributed by atoms with Crippen LogP contribution in [0.5, 0.6) is 23.0 Å². The van der Waals surface area contributed by atoms with Crippen LogP contribution in [-0.4, -0.2) is 50.5 Å². The van der Waals surface area contributed by atoms with Gasteiger partial charge in [-0.15, -0.1) is 0 Å². The Labute approximate surface area is 162 Å². The molecule has 0 radical (unpaired) electrons. The van der Waals surface area contributed by atoms with Crippen LogP contribution >= 0.6 is 0 Å². The van der Waals surface area contributed by atoms with Gasteiger partial charge in [0.1, 0.15) is 18.8 Å². The fourth-order valence-electron chi connectivity index (χ4n) is 2.70.